The number of fused-ring (bicyclic) bond motifs is 1. The van der Waals surface area contributed by atoms with E-state index in [0.29, 0.717) is 33.5 Å². The summed E-state index contributed by atoms with van der Waals surface area (Å²) in [5, 5.41) is 16.2. The van der Waals surface area contributed by atoms with Gasteiger partial charge >= 0.3 is 5.97 Å². The first-order valence-electron chi connectivity index (χ1n) is 7.84. The molecular weight excluding hydrogens is 362 g/mol. The lowest BCUT2D eigenvalue weighted by atomic mass is 9.31. The third kappa shape index (κ3) is 2.16. The van der Waals surface area contributed by atoms with E-state index in [1.807, 2.05) is 0 Å². The molecule has 1 aromatic rings. The summed E-state index contributed by atoms with van der Waals surface area (Å²) in [4.78, 5) is 22.9. The molecule has 0 aromatic carbocycles. The van der Waals surface area contributed by atoms with Crippen molar-refractivity contribution in [3.05, 3.63) is 21.0 Å². The Bertz CT molecular complexity index is 720. The second-order valence-electron chi connectivity index (χ2n) is 7.62. The molecule has 7 heteroatoms. The molecule has 126 valence electrons. The maximum atomic E-state index is 12.2. The second-order valence-corrected chi connectivity index (χ2v) is 8.42. The minimum atomic E-state index is -1.09. The highest BCUT2D eigenvalue weighted by Gasteiger charge is 2.71. The summed E-state index contributed by atoms with van der Waals surface area (Å²) in [6, 6.07) is 0.309. The molecule has 23 heavy (non-hydrogen) atoms. The van der Waals surface area contributed by atoms with E-state index in [-0.39, 0.29) is 5.41 Å². The Morgan fingerprint density at radius 3 is 2.74 bits per heavy atom. The van der Waals surface area contributed by atoms with E-state index in [4.69, 9.17) is 5.11 Å². The zero-order valence-corrected chi connectivity index (χ0v) is 15.3. The van der Waals surface area contributed by atoms with Crippen LogP contribution in [0.4, 0.5) is 5.69 Å². The van der Waals surface area contributed by atoms with E-state index in [9.17, 15) is 9.59 Å². The normalized spacial score (nSPS) is 34.0. The molecule has 0 spiro atoms. The van der Waals surface area contributed by atoms with Crippen LogP contribution in [-0.2, 0) is 11.3 Å². The van der Waals surface area contributed by atoms with Gasteiger partial charge in [0.05, 0.1) is 11.9 Å². The van der Waals surface area contributed by atoms with Gasteiger partial charge in [-0.15, -0.1) is 0 Å². The van der Waals surface area contributed by atoms with Crippen molar-refractivity contribution in [2.45, 2.75) is 46.7 Å². The predicted octanol–water partition coefficient (Wildman–Crippen LogP) is 2.57. The Balaban J connectivity index is 1.79. The van der Waals surface area contributed by atoms with Crippen molar-refractivity contribution in [1.82, 2.24) is 9.78 Å². The van der Waals surface area contributed by atoms with Crippen LogP contribution in [0.2, 0.25) is 0 Å². The molecule has 3 rings (SSSR count). The van der Waals surface area contributed by atoms with Crippen LogP contribution >= 0.6 is 15.9 Å². The SMILES string of the molecule is C[C@H]1C(C)(C)[C@@H]2C[C@@H](Nc3cnn(CC(=O)O)c(=O)c3Br)C12C. The molecule has 2 saturated carbocycles. The number of hydrogen-bond acceptors (Lipinski definition) is 4. The Kier molecular flexibility index (Phi) is 3.63. The van der Waals surface area contributed by atoms with Gasteiger partial charge in [-0.3, -0.25) is 9.59 Å². The van der Waals surface area contributed by atoms with Crippen molar-refractivity contribution in [3.8, 4) is 0 Å². The van der Waals surface area contributed by atoms with Crippen LogP contribution in [0.3, 0.4) is 0 Å². The van der Waals surface area contributed by atoms with Crippen LogP contribution in [0.15, 0.2) is 15.5 Å². The number of anilines is 1. The summed E-state index contributed by atoms with van der Waals surface area (Å²) in [5.41, 5.74) is 0.810. The molecular formula is C16H22BrN3O3. The average Bonchev–Trinajstić information content (AvgIpc) is 2.47. The molecule has 0 bridgehead atoms. The highest BCUT2D eigenvalue weighted by molar-refractivity contribution is 9.10. The molecule has 0 aliphatic heterocycles. The Hall–Kier alpha value is -1.37. The highest BCUT2D eigenvalue weighted by Crippen LogP contribution is 2.73. The summed E-state index contributed by atoms with van der Waals surface area (Å²) >= 11 is 3.28. The Morgan fingerprint density at radius 1 is 1.52 bits per heavy atom. The molecule has 2 fully saturated rings. The van der Waals surface area contributed by atoms with Crippen molar-refractivity contribution in [3.63, 3.8) is 0 Å². The van der Waals surface area contributed by atoms with Gasteiger partial charge in [0, 0.05) is 6.04 Å². The molecule has 1 unspecified atom stereocenters. The van der Waals surface area contributed by atoms with Gasteiger partial charge in [0.2, 0.25) is 0 Å². The summed E-state index contributed by atoms with van der Waals surface area (Å²) < 4.78 is 1.28. The van der Waals surface area contributed by atoms with Gasteiger partial charge in [-0.25, -0.2) is 4.68 Å². The number of nitrogens with one attached hydrogen (secondary N) is 1. The first-order chi connectivity index (χ1) is 10.6. The third-order valence-corrected chi connectivity index (χ3v) is 7.29. The number of hydrogen-bond donors (Lipinski definition) is 2. The minimum Gasteiger partial charge on any atom is -0.480 e. The molecule has 0 saturated heterocycles. The summed E-state index contributed by atoms with van der Waals surface area (Å²) in [7, 11) is 0. The van der Waals surface area contributed by atoms with Crippen LogP contribution in [0.1, 0.15) is 34.1 Å². The number of carboxylic acid groups (broad SMARTS) is 1. The fraction of sp³-hybridized carbons (Fsp3) is 0.688. The number of aliphatic carboxylic acids is 1. The molecule has 1 aromatic heterocycles. The number of carboxylic acids is 1. The smallest absolute Gasteiger partial charge is 0.325 e. The lowest BCUT2D eigenvalue weighted by Crippen LogP contribution is -2.74. The van der Waals surface area contributed by atoms with Gasteiger partial charge in [-0.2, -0.15) is 5.10 Å². The summed E-state index contributed by atoms with van der Waals surface area (Å²) in [6.45, 7) is 8.81. The topological polar surface area (TPSA) is 84.2 Å². The molecule has 2 aliphatic rings. The monoisotopic (exact) mass is 383 g/mol. The van der Waals surface area contributed by atoms with Crippen molar-refractivity contribution in [1.29, 1.82) is 0 Å². The molecule has 1 heterocycles. The third-order valence-electron chi connectivity index (χ3n) is 6.52. The largest absolute Gasteiger partial charge is 0.480 e. The van der Waals surface area contributed by atoms with Gasteiger partial charge in [0.1, 0.15) is 11.0 Å². The average molecular weight is 384 g/mol. The minimum absolute atomic E-state index is 0.235. The van der Waals surface area contributed by atoms with Crippen LogP contribution in [0.25, 0.3) is 0 Å². The van der Waals surface area contributed by atoms with Crippen LogP contribution in [-0.4, -0.2) is 26.9 Å². The molecule has 6 nitrogen and oxygen atoms in total. The van der Waals surface area contributed by atoms with E-state index in [1.165, 1.54) is 6.20 Å². The zero-order valence-electron chi connectivity index (χ0n) is 13.8. The molecule has 0 amide bonds. The number of halogens is 1. The summed E-state index contributed by atoms with van der Waals surface area (Å²) in [5.74, 6) is 0.207. The predicted molar refractivity (Wildman–Crippen MR) is 90.4 cm³/mol. The first kappa shape index (κ1) is 16.5. The van der Waals surface area contributed by atoms with Gasteiger partial charge in [-0.1, -0.05) is 27.7 Å². The maximum Gasteiger partial charge on any atom is 0.325 e. The van der Waals surface area contributed by atoms with Gasteiger partial charge in [-0.05, 0) is 45.0 Å². The van der Waals surface area contributed by atoms with E-state index < -0.39 is 18.1 Å². The van der Waals surface area contributed by atoms with E-state index in [1.54, 1.807) is 0 Å². The lowest BCUT2D eigenvalue weighted by Gasteiger charge is -2.75. The Labute approximate surface area is 143 Å². The lowest BCUT2D eigenvalue weighted by molar-refractivity contribution is -0.240. The van der Waals surface area contributed by atoms with Crippen LogP contribution < -0.4 is 10.9 Å². The molecule has 4 atom stereocenters. The Morgan fingerprint density at radius 2 is 2.17 bits per heavy atom. The second kappa shape index (κ2) is 5.06. The molecule has 2 N–H and O–H groups in total. The van der Waals surface area contributed by atoms with Gasteiger partial charge < -0.3 is 10.4 Å². The van der Waals surface area contributed by atoms with Gasteiger partial charge in [0.25, 0.3) is 5.56 Å². The first-order valence-corrected chi connectivity index (χ1v) is 8.63. The number of nitrogens with zero attached hydrogens (tertiary/aromatic N) is 2. The number of carbonyl (C=O) groups is 1. The number of rotatable bonds is 4. The van der Waals surface area contributed by atoms with Crippen molar-refractivity contribution >= 4 is 27.6 Å². The van der Waals surface area contributed by atoms with E-state index in [2.05, 4.69) is 54.0 Å². The van der Waals surface area contributed by atoms with Crippen molar-refractivity contribution < 1.29 is 9.90 Å². The van der Waals surface area contributed by atoms with Crippen LogP contribution in [0.5, 0.6) is 0 Å². The maximum absolute atomic E-state index is 12.2. The van der Waals surface area contributed by atoms with Crippen molar-refractivity contribution in [2.24, 2.45) is 22.7 Å². The zero-order chi connectivity index (χ0) is 17.2. The summed E-state index contributed by atoms with van der Waals surface area (Å²) in [6.07, 6.45) is 2.61. The highest BCUT2D eigenvalue weighted by atomic mass is 79.9. The van der Waals surface area contributed by atoms with E-state index >= 15 is 0 Å². The fourth-order valence-electron chi connectivity index (χ4n) is 4.75. The quantitative estimate of drug-likeness (QED) is 0.834. The standard InChI is InChI=1S/C16H22BrN3O3/c1-8-15(2,3)10-5-11(16(8,10)4)19-9-6-18-20(7-12(21)22)14(23)13(9)17/h6,8,10-11,19H,5,7H2,1-4H3,(H,21,22)/t8-,10-,11+,16?/m0/s1. The molecule has 2 aliphatic carbocycles. The van der Waals surface area contributed by atoms with Gasteiger partial charge in [0.15, 0.2) is 0 Å². The molecule has 0 radical (unpaired) electrons. The fourth-order valence-corrected chi connectivity index (χ4v) is 5.17. The van der Waals surface area contributed by atoms with Crippen LogP contribution in [0, 0.1) is 22.7 Å². The van der Waals surface area contributed by atoms with Crippen molar-refractivity contribution in [2.75, 3.05) is 5.32 Å². The number of aromatic nitrogens is 2. The van der Waals surface area contributed by atoms with E-state index in [0.717, 1.165) is 11.1 Å².